The normalized spacial score (nSPS) is 11.7. The van der Waals surface area contributed by atoms with Crippen molar-refractivity contribution in [3.05, 3.63) is 36.1 Å². The molecule has 0 fully saturated rings. The number of hydrogen-bond donors (Lipinski definition) is 1. The molecule has 0 spiro atoms. The summed E-state index contributed by atoms with van der Waals surface area (Å²) in [5.74, 6) is 0.429. The number of benzene rings is 1. The maximum Gasteiger partial charge on any atom is 0.287 e. The van der Waals surface area contributed by atoms with Crippen molar-refractivity contribution in [3.8, 4) is 0 Å². The van der Waals surface area contributed by atoms with Crippen molar-refractivity contribution < 1.29 is 9.21 Å². The first kappa shape index (κ1) is 13.2. The highest BCUT2D eigenvalue weighted by molar-refractivity contribution is 6.22. The van der Waals surface area contributed by atoms with Gasteiger partial charge in [0.25, 0.3) is 5.91 Å². The fraction of sp³-hybridized carbons (Fsp3) is 0.308. The molecule has 18 heavy (non-hydrogen) atoms. The van der Waals surface area contributed by atoms with Gasteiger partial charge in [0, 0.05) is 17.1 Å². The number of alkyl halides is 2. The molecule has 0 unspecified atom stereocenters. The summed E-state index contributed by atoms with van der Waals surface area (Å²) in [6.45, 7) is 1.79. The van der Waals surface area contributed by atoms with Crippen LogP contribution in [0.5, 0.6) is 0 Å². The number of rotatable bonds is 4. The van der Waals surface area contributed by atoms with Crippen LogP contribution in [0.1, 0.15) is 17.5 Å². The molecule has 0 atom stereocenters. The van der Waals surface area contributed by atoms with E-state index in [1.807, 2.05) is 24.3 Å². The van der Waals surface area contributed by atoms with Gasteiger partial charge in [-0.25, -0.2) is 0 Å². The first-order valence-corrected chi connectivity index (χ1v) is 6.58. The lowest BCUT2D eigenvalue weighted by molar-refractivity contribution is 0.0895. The van der Waals surface area contributed by atoms with Crippen LogP contribution >= 0.6 is 23.2 Å². The number of carbonyl (C=O) groups excluding carboxylic acids is 1. The molecular weight excluding hydrogens is 273 g/mol. The second kappa shape index (κ2) is 5.21. The molecule has 2 aromatic rings. The van der Waals surface area contributed by atoms with Crippen LogP contribution in [0, 0.1) is 0 Å². The van der Waals surface area contributed by atoms with Gasteiger partial charge in [0.15, 0.2) is 5.76 Å². The van der Waals surface area contributed by atoms with Gasteiger partial charge in [-0.2, -0.15) is 0 Å². The Morgan fingerprint density at radius 2 is 2.00 bits per heavy atom. The van der Waals surface area contributed by atoms with E-state index in [4.69, 9.17) is 27.6 Å². The highest BCUT2D eigenvalue weighted by Gasteiger charge is 2.26. The lowest BCUT2D eigenvalue weighted by atomic mass is 10.1. The predicted octanol–water partition coefficient (Wildman–Crippen LogP) is 3.40. The van der Waals surface area contributed by atoms with E-state index in [9.17, 15) is 4.79 Å². The molecule has 1 aromatic carbocycles. The molecule has 1 aromatic heterocycles. The highest BCUT2D eigenvalue weighted by Crippen LogP contribution is 2.19. The Kier molecular flexibility index (Phi) is 3.83. The summed E-state index contributed by atoms with van der Waals surface area (Å²) in [6, 6.07) is 9.15. The number of furan rings is 1. The van der Waals surface area contributed by atoms with E-state index in [0.717, 1.165) is 5.39 Å². The van der Waals surface area contributed by atoms with Crippen molar-refractivity contribution in [2.24, 2.45) is 0 Å². The van der Waals surface area contributed by atoms with Gasteiger partial charge in [0.05, 0.1) is 5.54 Å². The van der Waals surface area contributed by atoms with E-state index in [2.05, 4.69) is 5.32 Å². The van der Waals surface area contributed by atoms with E-state index >= 15 is 0 Å². The monoisotopic (exact) mass is 285 g/mol. The predicted molar refractivity (Wildman–Crippen MR) is 73.5 cm³/mol. The van der Waals surface area contributed by atoms with Gasteiger partial charge in [-0.15, -0.1) is 23.2 Å². The van der Waals surface area contributed by atoms with Crippen LogP contribution in [0.4, 0.5) is 0 Å². The Hall–Kier alpha value is -1.19. The smallest absolute Gasteiger partial charge is 0.287 e. The number of amides is 1. The molecule has 1 amide bonds. The molecule has 0 saturated carbocycles. The summed E-state index contributed by atoms with van der Waals surface area (Å²) in [4.78, 5) is 12.0. The Bertz CT molecular complexity index is 528. The number of fused-ring (bicyclic) bond motifs is 1. The molecule has 3 nitrogen and oxygen atoms in total. The van der Waals surface area contributed by atoms with Crippen LogP contribution < -0.4 is 5.32 Å². The average Bonchev–Trinajstić information content (AvgIpc) is 2.82. The van der Waals surface area contributed by atoms with Crippen molar-refractivity contribution >= 4 is 40.1 Å². The molecule has 1 heterocycles. The second-order valence-electron chi connectivity index (χ2n) is 4.43. The van der Waals surface area contributed by atoms with Crippen molar-refractivity contribution in [3.63, 3.8) is 0 Å². The van der Waals surface area contributed by atoms with Crippen molar-refractivity contribution in [1.29, 1.82) is 0 Å². The minimum atomic E-state index is -0.640. The number of nitrogens with one attached hydrogen (secondary N) is 1. The van der Waals surface area contributed by atoms with Gasteiger partial charge >= 0.3 is 0 Å². The van der Waals surface area contributed by atoms with Crippen molar-refractivity contribution in [1.82, 2.24) is 5.32 Å². The summed E-state index contributed by atoms with van der Waals surface area (Å²) in [5, 5.41) is 3.66. The fourth-order valence-corrected chi connectivity index (χ4v) is 1.95. The quantitative estimate of drug-likeness (QED) is 0.875. The van der Waals surface area contributed by atoms with E-state index < -0.39 is 5.54 Å². The Labute approximate surface area is 115 Å². The summed E-state index contributed by atoms with van der Waals surface area (Å²) >= 11 is 11.6. The zero-order valence-electron chi connectivity index (χ0n) is 9.87. The minimum Gasteiger partial charge on any atom is -0.451 e. The second-order valence-corrected chi connectivity index (χ2v) is 4.97. The number of hydrogen-bond acceptors (Lipinski definition) is 2. The van der Waals surface area contributed by atoms with Gasteiger partial charge in [-0.3, -0.25) is 4.79 Å². The molecule has 0 radical (unpaired) electrons. The Morgan fingerprint density at radius 1 is 1.33 bits per heavy atom. The molecule has 1 N–H and O–H groups in total. The SMILES string of the molecule is CC(CCl)(CCl)NC(=O)c1cc2ccccc2o1. The van der Waals surface area contributed by atoms with Gasteiger partial charge in [0.2, 0.25) is 0 Å². The van der Waals surface area contributed by atoms with Crippen LogP contribution in [-0.2, 0) is 0 Å². The molecule has 0 aliphatic heterocycles. The largest absolute Gasteiger partial charge is 0.451 e. The maximum atomic E-state index is 12.0. The first-order valence-electron chi connectivity index (χ1n) is 5.51. The van der Waals surface area contributed by atoms with Gasteiger partial charge in [0.1, 0.15) is 5.58 Å². The molecule has 0 aliphatic carbocycles. The molecule has 0 aliphatic rings. The summed E-state index contributed by atoms with van der Waals surface area (Å²) in [5.41, 5.74) is 0.0419. The number of carbonyl (C=O) groups is 1. The Morgan fingerprint density at radius 3 is 2.61 bits per heavy atom. The average molecular weight is 286 g/mol. The zero-order chi connectivity index (χ0) is 13.2. The van der Waals surface area contributed by atoms with Crippen LogP contribution in [0.15, 0.2) is 34.7 Å². The Balaban J connectivity index is 2.23. The van der Waals surface area contributed by atoms with Crippen LogP contribution in [0.2, 0.25) is 0 Å². The molecule has 0 bridgehead atoms. The van der Waals surface area contributed by atoms with Gasteiger partial charge in [-0.1, -0.05) is 18.2 Å². The van der Waals surface area contributed by atoms with E-state index in [0.29, 0.717) is 5.58 Å². The van der Waals surface area contributed by atoms with E-state index in [-0.39, 0.29) is 23.4 Å². The van der Waals surface area contributed by atoms with E-state index in [1.54, 1.807) is 13.0 Å². The van der Waals surface area contributed by atoms with E-state index in [1.165, 1.54) is 0 Å². The van der Waals surface area contributed by atoms with Crippen LogP contribution in [-0.4, -0.2) is 23.2 Å². The van der Waals surface area contributed by atoms with Crippen LogP contribution in [0.25, 0.3) is 11.0 Å². The minimum absolute atomic E-state index is 0.239. The fourth-order valence-electron chi connectivity index (χ4n) is 1.53. The van der Waals surface area contributed by atoms with Crippen molar-refractivity contribution in [2.45, 2.75) is 12.5 Å². The molecular formula is C13H13Cl2NO2. The highest BCUT2D eigenvalue weighted by atomic mass is 35.5. The first-order chi connectivity index (χ1) is 8.58. The maximum absolute atomic E-state index is 12.0. The van der Waals surface area contributed by atoms with Crippen LogP contribution in [0.3, 0.4) is 0 Å². The lowest BCUT2D eigenvalue weighted by Gasteiger charge is -2.25. The molecule has 96 valence electrons. The third kappa shape index (κ3) is 2.62. The third-order valence-electron chi connectivity index (χ3n) is 2.65. The summed E-state index contributed by atoms with van der Waals surface area (Å²) in [7, 11) is 0. The van der Waals surface area contributed by atoms with Gasteiger partial charge in [-0.05, 0) is 19.1 Å². The number of halogens is 2. The molecule has 2 rings (SSSR count). The molecule has 0 saturated heterocycles. The zero-order valence-corrected chi connectivity index (χ0v) is 11.4. The standard InChI is InChI=1S/C13H13Cl2NO2/c1-13(7-14,8-15)16-12(17)11-6-9-4-2-3-5-10(9)18-11/h2-6H,7-8H2,1H3,(H,16,17). The number of para-hydroxylation sites is 1. The molecule has 5 heteroatoms. The third-order valence-corrected chi connectivity index (χ3v) is 3.83. The van der Waals surface area contributed by atoms with Crippen molar-refractivity contribution in [2.75, 3.05) is 11.8 Å². The summed E-state index contributed by atoms with van der Waals surface area (Å²) in [6.07, 6.45) is 0. The lowest BCUT2D eigenvalue weighted by Crippen LogP contribution is -2.49. The topological polar surface area (TPSA) is 42.2 Å². The summed E-state index contributed by atoms with van der Waals surface area (Å²) < 4.78 is 5.47. The van der Waals surface area contributed by atoms with Gasteiger partial charge < -0.3 is 9.73 Å².